The summed E-state index contributed by atoms with van der Waals surface area (Å²) in [6, 6.07) is 9.13. The predicted molar refractivity (Wildman–Crippen MR) is 96.9 cm³/mol. The zero-order chi connectivity index (χ0) is 18.7. The molecule has 0 N–H and O–H groups in total. The van der Waals surface area contributed by atoms with Gasteiger partial charge in [-0.05, 0) is 23.5 Å². The van der Waals surface area contributed by atoms with Crippen LogP contribution < -0.4 is 0 Å². The van der Waals surface area contributed by atoms with Gasteiger partial charge in [-0.15, -0.1) is 0 Å². The summed E-state index contributed by atoms with van der Waals surface area (Å²) in [4.78, 5) is 26.7. The topological polar surface area (TPSA) is 84.5 Å². The van der Waals surface area contributed by atoms with Crippen molar-refractivity contribution in [2.45, 2.75) is 20.0 Å². The summed E-state index contributed by atoms with van der Waals surface area (Å²) in [5.41, 5.74) is 1.68. The zero-order valence-corrected chi connectivity index (χ0v) is 15.2. The Kier molecular flexibility index (Phi) is 5.53. The van der Waals surface area contributed by atoms with E-state index in [1.807, 2.05) is 24.3 Å². The summed E-state index contributed by atoms with van der Waals surface area (Å²) in [7, 11) is 0. The molecule has 1 aliphatic heterocycles. The number of hydrogen-bond donors (Lipinski definition) is 0. The third-order valence-corrected chi connectivity index (χ3v) is 4.89. The van der Waals surface area contributed by atoms with Crippen molar-refractivity contribution in [2.24, 2.45) is 0 Å². The molecule has 1 fully saturated rings. The van der Waals surface area contributed by atoms with Crippen LogP contribution in [0.25, 0.3) is 0 Å². The number of rotatable bonds is 5. The van der Waals surface area contributed by atoms with Crippen molar-refractivity contribution >= 4 is 23.3 Å². The summed E-state index contributed by atoms with van der Waals surface area (Å²) in [6.07, 6.45) is 0. The number of carbonyl (C=O) groups is 1. The summed E-state index contributed by atoms with van der Waals surface area (Å²) < 4.78 is 1.39. The molecule has 0 unspecified atom stereocenters. The molecule has 0 spiro atoms. The second-order valence-electron chi connectivity index (χ2n) is 6.31. The molecule has 0 bridgehead atoms. The number of carbonyl (C=O) groups excluding carboxylic acids is 1. The maximum Gasteiger partial charge on any atom is 0.390 e. The van der Waals surface area contributed by atoms with E-state index in [2.05, 4.69) is 10.00 Å². The molecule has 8 nitrogen and oxygen atoms in total. The third kappa shape index (κ3) is 4.20. The normalized spacial score (nSPS) is 15.2. The number of halogens is 1. The fourth-order valence-electron chi connectivity index (χ4n) is 2.99. The van der Waals surface area contributed by atoms with E-state index in [1.165, 1.54) is 10.7 Å². The molecule has 0 saturated carbocycles. The smallest absolute Gasteiger partial charge is 0.358 e. The molecule has 1 aromatic carbocycles. The van der Waals surface area contributed by atoms with E-state index in [9.17, 15) is 14.9 Å². The first kappa shape index (κ1) is 18.3. The Morgan fingerprint density at radius 2 is 1.96 bits per heavy atom. The van der Waals surface area contributed by atoms with E-state index >= 15 is 0 Å². The van der Waals surface area contributed by atoms with E-state index in [-0.39, 0.29) is 18.3 Å². The number of aryl methyl sites for hydroxylation is 1. The van der Waals surface area contributed by atoms with Crippen molar-refractivity contribution < 1.29 is 9.72 Å². The van der Waals surface area contributed by atoms with Crippen LogP contribution in [0, 0.1) is 17.0 Å². The first-order valence-corrected chi connectivity index (χ1v) is 8.74. The molecular formula is C17H20ClN5O3. The molecule has 9 heteroatoms. The van der Waals surface area contributed by atoms with Crippen molar-refractivity contribution in [3.63, 3.8) is 0 Å². The van der Waals surface area contributed by atoms with Crippen molar-refractivity contribution in [2.75, 3.05) is 26.2 Å². The first-order valence-electron chi connectivity index (χ1n) is 8.36. The quantitative estimate of drug-likeness (QED) is 0.588. The van der Waals surface area contributed by atoms with Gasteiger partial charge in [-0.2, -0.15) is 4.68 Å². The summed E-state index contributed by atoms with van der Waals surface area (Å²) in [5.74, 6) is -0.316. The van der Waals surface area contributed by atoms with Crippen LogP contribution in [0.5, 0.6) is 0 Å². The number of nitro groups is 1. The summed E-state index contributed by atoms with van der Waals surface area (Å²) in [5, 5.41) is 15.4. The maximum atomic E-state index is 12.5. The summed E-state index contributed by atoms with van der Waals surface area (Å²) in [6.45, 7) is 5.23. The Morgan fingerprint density at radius 1 is 1.27 bits per heavy atom. The van der Waals surface area contributed by atoms with Crippen LogP contribution in [0.1, 0.15) is 11.3 Å². The van der Waals surface area contributed by atoms with Crippen molar-refractivity contribution in [1.82, 2.24) is 19.6 Å². The van der Waals surface area contributed by atoms with Gasteiger partial charge in [-0.1, -0.05) is 29.8 Å². The highest BCUT2D eigenvalue weighted by atomic mass is 35.5. The van der Waals surface area contributed by atoms with E-state index < -0.39 is 4.92 Å². The molecule has 1 aromatic heterocycles. The van der Waals surface area contributed by atoms with Gasteiger partial charge in [0.25, 0.3) is 0 Å². The first-order chi connectivity index (χ1) is 12.4. The fraction of sp³-hybridized carbons (Fsp3) is 0.412. The second-order valence-corrected chi connectivity index (χ2v) is 6.71. The minimum atomic E-state index is -0.554. The van der Waals surface area contributed by atoms with Crippen molar-refractivity contribution in [3.8, 4) is 0 Å². The minimum absolute atomic E-state index is 0.0180. The Balaban J connectivity index is 1.54. The van der Waals surface area contributed by atoms with Gasteiger partial charge < -0.3 is 15.0 Å². The molecule has 1 amide bonds. The second kappa shape index (κ2) is 7.84. The van der Waals surface area contributed by atoms with Crippen molar-refractivity contribution in [1.29, 1.82) is 0 Å². The molecule has 0 radical (unpaired) electrons. The SMILES string of the molecule is Cc1cc([N+](=O)[O-])nn1CC(=O)N1CCN(Cc2ccccc2Cl)CC1. The van der Waals surface area contributed by atoms with E-state index in [0.29, 0.717) is 18.8 Å². The number of aromatic nitrogens is 2. The highest BCUT2D eigenvalue weighted by Crippen LogP contribution is 2.18. The van der Waals surface area contributed by atoms with Crippen LogP contribution in [-0.4, -0.2) is 56.6 Å². The van der Waals surface area contributed by atoms with Gasteiger partial charge in [0.05, 0.1) is 16.9 Å². The number of piperazine rings is 1. The van der Waals surface area contributed by atoms with Gasteiger partial charge in [0, 0.05) is 37.7 Å². The molecule has 26 heavy (non-hydrogen) atoms. The molecule has 138 valence electrons. The van der Waals surface area contributed by atoms with Gasteiger partial charge >= 0.3 is 5.82 Å². The lowest BCUT2D eigenvalue weighted by Crippen LogP contribution is -2.49. The Bertz CT molecular complexity index is 814. The van der Waals surface area contributed by atoms with Crippen LogP contribution in [0.4, 0.5) is 5.82 Å². The Morgan fingerprint density at radius 3 is 2.58 bits per heavy atom. The highest BCUT2D eigenvalue weighted by Gasteiger charge is 2.24. The van der Waals surface area contributed by atoms with Gasteiger partial charge in [0.15, 0.2) is 0 Å². The van der Waals surface area contributed by atoms with Crippen molar-refractivity contribution in [3.05, 3.63) is 56.7 Å². The van der Waals surface area contributed by atoms with Gasteiger partial charge in [0.1, 0.15) is 6.54 Å². The maximum absolute atomic E-state index is 12.5. The zero-order valence-electron chi connectivity index (χ0n) is 14.5. The fourth-order valence-corrected chi connectivity index (χ4v) is 3.19. The lowest BCUT2D eigenvalue weighted by atomic mass is 10.2. The Hall–Kier alpha value is -2.45. The van der Waals surface area contributed by atoms with Gasteiger partial charge in [-0.3, -0.25) is 9.69 Å². The average Bonchev–Trinajstić information content (AvgIpc) is 2.98. The van der Waals surface area contributed by atoms with Crippen LogP contribution in [0.3, 0.4) is 0 Å². The average molecular weight is 378 g/mol. The summed E-state index contributed by atoms with van der Waals surface area (Å²) >= 11 is 6.20. The molecule has 2 aromatic rings. The predicted octanol–water partition coefficient (Wildman–Crippen LogP) is 2.10. The molecule has 2 heterocycles. The van der Waals surface area contributed by atoms with E-state index in [1.54, 1.807) is 11.8 Å². The molecule has 3 rings (SSSR count). The lowest BCUT2D eigenvalue weighted by Gasteiger charge is -2.34. The molecular weight excluding hydrogens is 358 g/mol. The van der Waals surface area contributed by atoms with E-state index in [4.69, 9.17) is 11.6 Å². The number of amides is 1. The molecule has 1 aliphatic rings. The third-order valence-electron chi connectivity index (χ3n) is 4.52. The van der Waals surface area contributed by atoms with Crippen LogP contribution in [0.2, 0.25) is 5.02 Å². The molecule has 0 atom stereocenters. The standard InChI is InChI=1S/C17H20ClN5O3/c1-13-10-16(23(25)26)19-22(13)12-17(24)21-8-6-20(7-9-21)11-14-4-2-3-5-15(14)18/h2-5,10H,6-9,11-12H2,1H3. The number of benzene rings is 1. The van der Waals surface area contributed by atoms with Gasteiger partial charge in [0.2, 0.25) is 5.91 Å². The highest BCUT2D eigenvalue weighted by molar-refractivity contribution is 6.31. The number of nitrogens with zero attached hydrogens (tertiary/aromatic N) is 5. The lowest BCUT2D eigenvalue weighted by molar-refractivity contribution is -0.389. The monoisotopic (exact) mass is 377 g/mol. The van der Waals surface area contributed by atoms with Crippen LogP contribution >= 0.6 is 11.6 Å². The van der Waals surface area contributed by atoms with Crippen LogP contribution in [-0.2, 0) is 17.9 Å². The number of hydrogen-bond acceptors (Lipinski definition) is 5. The largest absolute Gasteiger partial charge is 0.390 e. The van der Waals surface area contributed by atoms with Gasteiger partial charge in [-0.25, -0.2) is 0 Å². The van der Waals surface area contributed by atoms with Crippen LogP contribution in [0.15, 0.2) is 30.3 Å². The molecule has 0 aliphatic carbocycles. The Labute approximate surface area is 156 Å². The minimum Gasteiger partial charge on any atom is -0.358 e. The van der Waals surface area contributed by atoms with E-state index in [0.717, 1.165) is 30.2 Å². The molecule has 1 saturated heterocycles.